The summed E-state index contributed by atoms with van der Waals surface area (Å²) in [6, 6.07) is 7.72. The van der Waals surface area contributed by atoms with Gasteiger partial charge >= 0.3 is 6.03 Å². The second kappa shape index (κ2) is 8.02. The fourth-order valence-corrected chi connectivity index (χ4v) is 5.23. The molecule has 3 amide bonds. The highest BCUT2D eigenvalue weighted by atomic mass is 79.9. The van der Waals surface area contributed by atoms with E-state index in [9.17, 15) is 9.59 Å². The molecule has 0 bridgehead atoms. The predicted octanol–water partition coefficient (Wildman–Crippen LogP) is 3.92. The van der Waals surface area contributed by atoms with E-state index in [1.165, 1.54) is 4.90 Å². The highest BCUT2D eigenvalue weighted by Gasteiger charge is 2.55. The normalized spacial score (nSPS) is 26.2. The molecule has 3 aliphatic rings. The molecule has 5 rings (SSSR count). The lowest BCUT2D eigenvalue weighted by Crippen LogP contribution is -2.54. The average molecular weight is 488 g/mol. The fraction of sp³-hybridized carbons (Fsp3) is 0.545. The van der Waals surface area contributed by atoms with Crippen LogP contribution in [0.1, 0.15) is 51.3 Å². The molecule has 2 atom stereocenters. The van der Waals surface area contributed by atoms with Crippen molar-refractivity contribution in [1.29, 1.82) is 0 Å². The summed E-state index contributed by atoms with van der Waals surface area (Å²) < 4.78 is 6.79. The number of imide groups is 1. The maximum Gasteiger partial charge on any atom is 0.326 e. The minimum Gasteiger partial charge on any atom is -0.419 e. The topological polar surface area (TPSA) is 91.6 Å². The Hall–Kier alpha value is -2.26. The molecule has 9 heteroatoms. The van der Waals surface area contributed by atoms with Crippen LogP contribution in [0.3, 0.4) is 0 Å². The standard InChI is InChI=1S/C22H26BrN5O3/c1-14-6-4-5-11-22(14)20(29)28(21(30)24-22)13-27(15-9-10-15)12-18-25-26-19(31-18)16-7-2-3-8-17(16)23/h2-3,7-8,14-15H,4-6,9-13H2,1H3,(H,24,30). The minimum atomic E-state index is -0.734. The van der Waals surface area contributed by atoms with Crippen LogP contribution in [0.25, 0.3) is 11.5 Å². The van der Waals surface area contributed by atoms with Gasteiger partial charge in [-0.05, 0) is 59.7 Å². The second-order valence-electron chi connectivity index (χ2n) is 8.88. The number of carbonyl (C=O) groups excluding carboxylic acids is 2. The first-order chi connectivity index (χ1) is 15.0. The molecule has 1 aromatic carbocycles. The van der Waals surface area contributed by atoms with Gasteiger partial charge in [0.1, 0.15) is 5.54 Å². The molecular weight excluding hydrogens is 462 g/mol. The minimum absolute atomic E-state index is 0.0882. The third kappa shape index (κ3) is 3.78. The predicted molar refractivity (Wildman–Crippen MR) is 117 cm³/mol. The molecule has 1 aliphatic heterocycles. The van der Waals surface area contributed by atoms with Gasteiger partial charge in [-0.25, -0.2) is 9.69 Å². The van der Waals surface area contributed by atoms with Crippen molar-refractivity contribution < 1.29 is 14.0 Å². The second-order valence-corrected chi connectivity index (χ2v) is 9.74. The van der Waals surface area contributed by atoms with Crippen LogP contribution in [0, 0.1) is 5.92 Å². The number of nitrogens with one attached hydrogen (secondary N) is 1. The van der Waals surface area contributed by atoms with Gasteiger partial charge in [0.25, 0.3) is 5.91 Å². The van der Waals surface area contributed by atoms with Crippen LogP contribution in [-0.2, 0) is 11.3 Å². The van der Waals surface area contributed by atoms with Crippen molar-refractivity contribution in [1.82, 2.24) is 25.3 Å². The lowest BCUT2D eigenvalue weighted by atomic mass is 9.73. The number of urea groups is 1. The number of benzene rings is 1. The van der Waals surface area contributed by atoms with E-state index in [1.807, 2.05) is 24.3 Å². The van der Waals surface area contributed by atoms with E-state index in [1.54, 1.807) is 0 Å². The van der Waals surface area contributed by atoms with Gasteiger partial charge in [0.2, 0.25) is 11.8 Å². The summed E-state index contributed by atoms with van der Waals surface area (Å²) in [5.74, 6) is 0.989. The Kier molecular flexibility index (Phi) is 5.34. The van der Waals surface area contributed by atoms with Gasteiger partial charge in [-0.2, -0.15) is 0 Å². The molecule has 1 saturated heterocycles. The van der Waals surface area contributed by atoms with E-state index in [4.69, 9.17) is 4.42 Å². The van der Waals surface area contributed by atoms with Crippen LogP contribution in [0.15, 0.2) is 33.2 Å². The number of nitrogens with zero attached hydrogens (tertiary/aromatic N) is 4. The number of hydrogen-bond donors (Lipinski definition) is 1. The first-order valence-corrected chi connectivity index (χ1v) is 11.7. The quantitative estimate of drug-likeness (QED) is 0.620. The SMILES string of the molecule is CC1CCCCC12NC(=O)N(CN(Cc1nnc(-c3ccccc3Br)o1)C1CC1)C2=O. The van der Waals surface area contributed by atoms with Crippen molar-refractivity contribution in [3.8, 4) is 11.5 Å². The third-order valence-electron chi connectivity index (χ3n) is 6.80. The van der Waals surface area contributed by atoms with Crippen molar-refractivity contribution >= 4 is 27.9 Å². The summed E-state index contributed by atoms with van der Waals surface area (Å²) >= 11 is 3.51. The molecule has 1 aromatic heterocycles. The molecule has 2 saturated carbocycles. The number of hydrogen-bond acceptors (Lipinski definition) is 6. The fourth-order valence-electron chi connectivity index (χ4n) is 4.77. The molecule has 8 nitrogen and oxygen atoms in total. The van der Waals surface area contributed by atoms with Crippen LogP contribution in [-0.4, -0.2) is 50.2 Å². The Morgan fingerprint density at radius 3 is 2.77 bits per heavy atom. The number of halogens is 1. The van der Waals surface area contributed by atoms with Crippen LogP contribution in [0.4, 0.5) is 4.79 Å². The van der Waals surface area contributed by atoms with E-state index in [0.717, 1.165) is 48.6 Å². The zero-order valence-corrected chi connectivity index (χ0v) is 19.1. The summed E-state index contributed by atoms with van der Waals surface area (Å²) in [4.78, 5) is 29.6. The average Bonchev–Trinajstić information content (AvgIpc) is 3.46. The van der Waals surface area contributed by atoms with Gasteiger partial charge < -0.3 is 9.73 Å². The highest BCUT2D eigenvalue weighted by Crippen LogP contribution is 2.39. The summed E-state index contributed by atoms with van der Waals surface area (Å²) in [6.07, 6.45) is 5.84. The Morgan fingerprint density at radius 1 is 1.23 bits per heavy atom. The molecule has 3 fully saturated rings. The molecule has 2 aliphatic carbocycles. The number of carbonyl (C=O) groups is 2. The van der Waals surface area contributed by atoms with E-state index < -0.39 is 5.54 Å². The highest BCUT2D eigenvalue weighted by molar-refractivity contribution is 9.10. The van der Waals surface area contributed by atoms with Gasteiger partial charge in [-0.15, -0.1) is 10.2 Å². The van der Waals surface area contributed by atoms with Crippen LogP contribution < -0.4 is 5.32 Å². The molecule has 1 spiro atoms. The molecule has 2 heterocycles. The molecule has 0 radical (unpaired) electrons. The Bertz CT molecular complexity index is 1010. The largest absolute Gasteiger partial charge is 0.419 e. The maximum absolute atomic E-state index is 13.3. The zero-order chi connectivity index (χ0) is 21.6. The van der Waals surface area contributed by atoms with Crippen molar-refractivity contribution in [2.75, 3.05) is 6.67 Å². The van der Waals surface area contributed by atoms with Gasteiger partial charge in [0.05, 0.1) is 18.8 Å². The summed E-state index contributed by atoms with van der Waals surface area (Å²) in [5.41, 5.74) is 0.100. The molecule has 2 aromatic rings. The lowest BCUT2D eigenvalue weighted by molar-refractivity contribution is -0.135. The van der Waals surface area contributed by atoms with Crippen LogP contribution >= 0.6 is 15.9 Å². The van der Waals surface area contributed by atoms with E-state index in [2.05, 4.69) is 43.3 Å². The Labute approximate surface area is 189 Å². The smallest absolute Gasteiger partial charge is 0.326 e. The molecular formula is C22H26BrN5O3. The zero-order valence-electron chi connectivity index (χ0n) is 17.5. The van der Waals surface area contributed by atoms with E-state index in [0.29, 0.717) is 24.4 Å². The summed E-state index contributed by atoms with van der Waals surface area (Å²) in [6.45, 7) is 2.72. The van der Waals surface area contributed by atoms with Crippen molar-refractivity contribution in [2.45, 2.75) is 63.6 Å². The summed E-state index contributed by atoms with van der Waals surface area (Å²) in [5, 5.41) is 11.4. The van der Waals surface area contributed by atoms with Gasteiger partial charge in [-0.1, -0.05) is 31.9 Å². The Morgan fingerprint density at radius 2 is 2.03 bits per heavy atom. The maximum atomic E-state index is 13.3. The third-order valence-corrected chi connectivity index (χ3v) is 7.49. The monoisotopic (exact) mass is 487 g/mol. The van der Waals surface area contributed by atoms with Gasteiger partial charge in [-0.3, -0.25) is 9.69 Å². The molecule has 2 unspecified atom stereocenters. The first-order valence-electron chi connectivity index (χ1n) is 10.9. The number of rotatable bonds is 6. The molecule has 164 valence electrons. The molecule has 1 N–H and O–H groups in total. The van der Waals surface area contributed by atoms with Gasteiger partial charge in [0, 0.05) is 10.5 Å². The van der Waals surface area contributed by atoms with Crippen LogP contribution in [0.5, 0.6) is 0 Å². The van der Waals surface area contributed by atoms with E-state index >= 15 is 0 Å². The number of amides is 3. The molecule has 31 heavy (non-hydrogen) atoms. The van der Waals surface area contributed by atoms with Crippen molar-refractivity contribution in [2.24, 2.45) is 5.92 Å². The van der Waals surface area contributed by atoms with Crippen molar-refractivity contribution in [3.63, 3.8) is 0 Å². The van der Waals surface area contributed by atoms with E-state index in [-0.39, 0.29) is 24.5 Å². The Balaban J connectivity index is 1.32. The van der Waals surface area contributed by atoms with Crippen molar-refractivity contribution in [3.05, 3.63) is 34.6 Å². The lowest BCUT2D eigenvalue weighted by Gasteiger charge is -2.37. The first kappa shape index (κ1) is 20.6. The van der Waals surface area contributed by atoms with Gasteiger partial charge in [0.15, 0.2) is 0 Å². The summed E-state index contributed by atoms with van der Waals surface area (Å²) in [7, 11) is 0. The number of aromatic nitrogens is 2. The van der Waals surface area contributed by atoms with Crippen LogP contribution in [0.2, 0.25) is 0 Å².